The minimum absolute atomic E-state index is 0.186. The summed E-state index contributed by atoms with van der Waals surface area (Å²) in [4.78, 5) is 23.5. The van der Waals surface area contributed by atoms with Crippen LogP contribution in [0, 0.1) is 5.92 Å². The zero-order valence-electron chi connectivity index (χ0n) is 21.7. The van der Waals surface area contributed by atoms with Crippen molar-refractivity contribution in [2.75, 3.05) is 20.3 Å². The molecule has 37 heavy (non-hydrogen) atoms. The Morgan fingerprint density at radius 3 is 2.78 bits per heavy atom. The van der Waals surface area contributed by atoms with Gasteiger partial charge in [0.25, 0.3) is 0 Å². The average Bonchev–Trinajstić information content (AvgIpc) is 3.46. The fraction of sp³-hybridized carbons (Fsp3) is 0.448. The van der Waals surface area contributed by atoms with Gasteiger partial charge in [-0.3, -0.25) is 4.90 Å². The van der Waals surface area contributed by atoms with E-state index in [-0.39, 0.29) is 18.1 Å². The van der Waals surface area contributed by atoms with Crippen LogP contribution >= 0.6 is 11.6 Å². The van der Waals surface area contributed by atoms with E-state index in [0.717, 1.165) is 63.9 Å². The van der Waals surface area contributed by atoms with Crippen LogP contribution in [0.4, 0.5) is 4.79 Å². The number of fused-ring (bicyclic) bond motifs is 6. The van der Waals surface area contributed by atoms with Crippen LogP contribution in [0.2, 0.25) is 5.02 Å². The molecule has 0 radical (unpaired) electrons. The number of rotatable bonds is 3. The fourth-order valence-electron chi connectivity index (χ4n) is 5.80. The number of carbonyl (C=O) groups is 1. The summed E-state index contributed by atoms with van der Waals surface area (Å²) in [6.07, 6.45) is 2.20. The maximum absolute atomic E-state index is 13.1. The molecule has 194 valence electrons. The molecule has 1 N–H and O–H groups in total. The summed E-state index contributed by atoms with van der Waals surface area (Å²) in [5.41, 5.74) is 7.25. The molecule has 0 unspecified atom stereocenters. The lowest BCUT2D eigenvalue weighted by atomic mass is 9.87. The Balaban J connectivity index is 1.35. The first kappa shape index (κ1) is 24.3. The maximum atomic E-state index is 13.1. The van der Waals surface area contributed by atoms with Crippen molar-refractivity contribution in [3.63, 3.8) is 0 Å². The summed E-state index contributed by atoms with van der Waals surface area (Å²) in [7, 11) is 1.70. The zero-order valence-corrected chi connectivity index (χ0v) is 22.4. The molecule has 0 spiro atoms. The monoisotopic (exact) mass is 521 g/mol. The first-order valence-corrected chi connectivity index (χ1v) is 13.2. The van der Waals surface area contributed by atoms with Gasteiger partial charge in [-0.05, 0) is 81.0 Å². The standard InChI is InChI=1S/C29H32ClN3O4/c1-29(2,3)37-28(34)33-13-16(14-35-4)9-24(33)27-31-23-8-5-17-11-22-20-7-6-19(30)10-18(20)15-36-25(22)12-21(17)26(23)32-27/h6-7,10-12,16,24H,5,8-9,13-15H2,1-4H3,(H,31,32)/t16-,24+/m1/s1. The Bertz CT molecular complexity index is 1380. The number of aromatic amines is 1. The number of halogens is 1. The number of nitrogens with zero attached hydrogens (tertiary/aromatic N) is 2. The predicted molar refractivity (Wildman–Crippen MR) is 142 cm³/mol. The number of hydrogen-bond acceptors (Lipinski definition) is 5. The number of nitrogens with one attached hydrogen (secondary N) is 1. The third kappa shape index (κ3) is 4.48. The number of aromatic nitrogens is 2. The van der Waals surface area contributed by atoms with Crippen molar-refractivity contribution < 1.29 is 19.0 Å². The first-order valence-electron chi connectivity index (χ1n) is 12.9. The number of imidazole rings is 1. The highest BCUT2D eigenvalue weighted by molar-refractivity contribution is 6.30. The van der Waals surface area contributed by atoms with Crippen LogP contribution in [0.3, 0.4) is 0 Å². The molecule has 8 heteroatoms. The molecule has 3 aliphatic rings. The van der Waals surface area contributed by atoms with Crippen LogP contribution in [0.1, 0.15) is 55.9 Å². The molecule has 1 aromatic heterocycles. The minimum Gasteiger partial charge on any atom is -0.488 e. The number of amides is 1. The number of ether oxygens (including phenoxy) is 3. The normalized spacial score (nSPS) is 20.0. The van der Waals surface area contributed by atoms with Gasteiger partial charge < -0.3 is 19.2 Å². The number of benzene rings is 2. The van der Waals surface area contributed by atoms with Crippen molar-refractivity contribution in [2.24, 2.45) is 5.92 Å². The molecule has 1 fully saturated rings. The maximum Gasteiger partial charge on any atom is 0.410 e. The third-order valence-electron chi connectivity index (χ3n) is 7.38. The van der Waals surface area contributed by atoms with Crippen LogP contribution in [0.25, 0.3) is 22.4 Å². The van der Waals surface area contributed by atoms with Gasteiger partial charge in [0.1, 0.15) is 23.8 Å². The van der Waals surface area contributed by atoms with E-state index in [9.17, 15) is 4.79 Å². The number of H-pyrrole nitrogens is 1. The van der Waals surface area contributed by atoms with Crippen molar-refractivity contribution in [2.45, 2.75) is 58.3 Å². The van der Waals surface area contributed by atoms with E-state index >= 15 is 0 Å². The van der Waals surface area contributed by atoms with Gasteiger partial charge >= 0.3 is 6.09 Å². The quantitative estimate of drug-likeness (QED) is 0.435. The van der Waals surface area contributed by atoms with Crippen LogP contribution in [-0.2, 0) is 28.9 Å². The summed E-state index contributed by atoms with van der Waals surface area (Å²) in [6, 6.07) is 10.2. The fourth-order valence-corrected chi connectivity index (χ4v) is 5.99. The van der Waals surface area contributed by atoms with Gasteiger partial charge in [-0.2, -0.15) is 0 Å². The van der Waals surface area contributed by atoms with Crippen LogP contribution < -0.4 is 4.74 Å². The number of carbonyl (C=O) groups excluding carboxylic acids is 1. The van der Waals surface area contributed by atoms with Gasteiger partial charge in [-0.15, -0.1) is 0 Å². The molecule has 2 aliphatic heterocycles. The smallest absolute Gasteiger partial charge is 0.410 e. The molecule has 1 saturated heterocycles. The van der Waals surface area contributed by atoms with Crippen molar-refractivity contribution in [3.8, 4) is 28.1 Å². The highest BCUT2D eigenvalue weighted by Gasteiger charge is 2.40. The highest BCUT2D eigenvalue weighted by atomic mass is 35.5. The van der Waals surface area contributed by atoms with E-state index in [0.29, 0.717) is 19.8 Å². The summed E-state index contributed by atoms with van der Waals surface area (Å²) in [5, 5.41) is 0.721. The van der Waals surface area contributed by atoms with Crippen molar-refractivity contribution >= 4 is 17.7 Å². The second-order valence-corrected chi connectivity index (χ2v) is 11.7. The lowest BCUT2D eigenvalue weighted by Crippen LogP contribution is -2.37. The summed E-state index contributed by atoms with van der Waals surface area (Å²) < 4.78 is 17.3. The van der Waals surface area contributed by atoms with E-state index in [1.807, 2.05) is 32.9 Å². The van der Waals surface area contributed by atoms with Gasteiger partial charge in [0.15, 0.2) is 0 Å². The third-order valence-corrected chi connectivity index (χ3v) is 7.61. The SMILES string of the molecule is COC[C@@H]1C[C@@H](c2nc3c([nH]2)-c2cc4c(cc2CC3)-c2ccc(Cl)cc2CO4)N(C(=O)OC(C)(C)C)C1. The zero-order chi connectivity index (χ0) is 25.9. The molecular weight excluding hydrogens is 490 g/mol. The summed E-state index contributed by atoms with van der Waals surface area (Å²) in [5.74, 6) is 1.90. The van der Waals surface area contributed by atoms with Crippen LogP contribution in [0.5, 0.6) is 5.75 Å². The molecular formula is C29H32ClN3O4. The molecule has 0 saturated carbocycles. The number of hydrogen-bond donors (Lipinski definition) is 1. The Labute approximate surface area is 222 Å². The number of methoxy groups -OCH3 is 1. The molecule has 0 bridgehead atoms. The minimum atomic E-state index is -0.564. The molecule has 6 rings (SSSR count). The van der Waals surface area contributed by atoms with E-state index < -0.39 is 5.60 Å². The largest absolute Gasteiger partial charge is 0.488 e. The topological polar surface area (TPSA) is 76.7 Å². The van der Waals surface area contributed by atoms with Gasteiger partial charge in [-0.1, -0.05) is 17.7 Å². The Morgan fingerprint density at radius 1 is 1.16 bits per heavy atom. The second kappa shape index (κ2) is 9.07. The van der Waals surface area contributed by atoms with Gasteiger partial charge in [0.05, 0.1) is 24.0 Å². The molecule has 3 heterocycles. The van der Waals surface area contributed by atoms with Crippen LogP contribution in [0.15, 0.2) is 30.3 Å². The first-order chi connectivity index (χ1) is 17.7. The van der Waals surface area contributed by atoms with Gasteiger partial charge in [-0.25, -0.2) is 9.78 Å². The van der Waals surface area contributed by atoms with Crippen molar-refractivity contribution in [3.05, 3.63) is 58.0 Å². The van der Waals surface area contributed by atoms with Crippen molar-refractivity contribution in [1.29, 1.82) is 0 Å². The van der Waals surface area contributed by atoms with E-state index in [4.69, 9.17) is 30.8 Å². The highest BCUT2D eigenvalue weighted by Crippen LogP contribution is 2.45. The lowest BCUT2D eigenvalue weighted by molar-refractivity contribution is 0.0208. The van der Waals surface area contributed by atoms with Gasteiger partial charge in [0, 0.05) is 35.7 Å². The molecule has 3 aromatic rings. The summed E-state index contributed by atoms with van der Waals surface area (Å²) >= 11 is 6.21. The van der Waals surface area contributed by atoms with Crippen molar-refractivity contribution in [1.82, 2.24) is 14.9 Å². The Morgan fingerprint density at radius 2 is 2.00 bits per heavy atom. The molecule has 1 aliphatic carbocycles. The predicted octanol–water partition coefficient (Wildman–Crippen LogP) is 6.33. The Hall–Kier alpha value is -3.03. The van der Waals surface area contributed by atoms with E-state index in [1.54, 1.807) is 12.0 Å². The molecule has 7 nitrogen and oxygen atoms in total. The van der Waals surface area contributed by atoms with E-state index in [2.05, 4.69) is 23.2 Å². The lowest BCUT2D eigenvalue weighted by Gasteiger charge is -2.27. The van der Waals surface area contributed by atoms with Crippen LogP contribution in [-0.4, -0.2) is 46.8 Å². The number of aryl methyl sites for hydroxylation is 2. The average molecular weight is 522 g/mol. The second-order valence-electron chi connectivity index (χ2n) is 11.2. The summed E-state index contributed by atoms with van der Waals surface area (Å²) in [6.45, 7) is 7.34. The van der Waals surface area contributed by atoms with Gasteiger partial charge in [0.2, 0.25) is 0 Å². The Kier molecular flexibility index (Phi) is 5.96. The molecule has 2 aromatic carbocycles. The van der Waals surface area contributed by atoms with E-state index in [1.165, 1.54) is 11.1 Å². The number of likely N-dealkylation sites (tertiary alicyclic amines) is 1. The molecule has 2 atom stereocenters. The molecule has 1 amide bonds.